The van der Waals surface area contributed by atoms with Gasteiger partial charge in [-0.3, -0.25) is 4.79 Å². The largest absolute Gasteiger partial charge is 0.496 e. The first-order valence-corrected chi connectivity index (χ1v) is 9.11. The summed E-state index contributed by atoms with van der Waals surface area (Å²) in [5, 5.41) is 2.02. The maximum atomic E-state index is 13.0. The van der Waals surface area contributed by atoms with E-state index >= 15 is 0 Å². The van der Waals surface area contributed by atoms with Crippen molar-refractivity contribution in [3.05, 3.63) is 75.9 Å². The third kappa shape index (κ3) is 4.12. The van der Waals surface area contributed by atoms with Gasteiger partial charge >= 0.3 is 0 Å². The molecule has 0 atom stereocenters. The van der Waals surface area contributed by atoms with Crippen molar-refractivity contribution in [3.63, 3.8) is 0 Å². The molecule has 0 radical (unpaired) electrons. The van der Waals surface area contributed by atoms with Crippen LogP contribution < -0.4 is 4.74 Å². The van der Waals surface area contributed by atoms with Crippen molar-refractivity contribution in [1.82, 2.24) is 4.90 Å². The number of thiophene rings is 1. The summed E-state index contributed by atoms with van der Waals surface area (Å²) in [6.45, 7) is 3.00. The Hall–Kier alpha value is -2.53. The fourth-order valence-electron chi connectivity index (χ4n) is 2.67. The molecule has 25 heavy (non-hydrogen) atoms. The summed E-state index contributed by atoms with van der Waals surface area (Å²) >= 11 is 1.64. The molecule has 0 aliphatic heterocycles. The fraction of sp³-hybridized carbons (Fsp3) is 0.250. The molecule has 3 aromatic rings. The summed E-state index contributed by atoms with van der Waals surface area (Å²) in [5.74, 6) is 1.86. The van der Waals surface area contributed by atoms with Crippen molar-refractivity contribution in [1.29, 1.82) is 0 Å². The minimum atomic E-state index is -0.112. The van der Waals surface area contributed by atoms with Crippen LogP contribution in [0.3, 0.4) is 0 Å². The van der Waals surface area contributed by atoms with Crippen LogP contribution in [0.25, 0.3) is 0 Å². The molecule has 5 heteroatoms. The van der Waals surface area contributed by atoms with Crippen LogP contribution in [0.4, 0.5) is 0 Å². The predicted molar refractivity (Wildman–Crippen MR) is 99.0 cm³/mol. The minimum Gasteiger partial charge on any atom is -0.496 e. The van der Waals surface area contributed by atoms with E-state index < -0.39 is 0 Å². The van der Waals surface area contributed by atoms with Crippen LogP contribution >= 0.6 is 11.3 Å². The number of nitrogens with zero attached hydrogens (tertiary/aromatic N) is 1. The number of rotatable bonds is 7. The lowest BCUT2D eigenvalue weighted by molar-refractivity contribution is 0.0696. The van der Waals surface area contributed by atoms with Crippen LogP contribution in [-0.4, -0.2) is 17.9 Å². The maximum Gasteiger partial charge on any atom is 0.290 e. The number of carbonyl (C=O) groups excluding carboxylic acids is 1. The monoisotopic (exact) mass is 355 g/mol. The molecule has 2 heterocycles. The highest BCUT2D eigenvalue weighted by Gasteiger charge is 2.21. The molecule has 0 bridgehead atoms. The summed E-state index contributed by atoms with van der Waals surface area (Å²) in [4.78, 5) is 15.9. The van der Waals surface area contributed by atoms with Gasteiger partial charge in [0.15, 0.2) is 5.76 Å². The number of aryl methyl sites for hydroxylation is 1. The number of hydrogen-bond donors (Lipinski definition) is 0. The quantitative estimate of drug-likeness (QED) is 0.614. The number of carbonyl (C=O) groups is 1. The highest BCUT2D eigenvalue weighted by molar-refractivity contribution is 7.09. The molecule has 4 nitrogen and oxygen atoms in total. The highest BCUT2D eigenvalue weighted by Crippen LogP contribution is 2.23. The zero-order valence-corrected chi connectivity index (χ0v) is 15.2. The van der Waals surface area contributed by atoms with Gasteiger partial charge in [0.1, 0.15) is 11.5 Å². The van der Waals surface area contributed by atoms with Crippen LogP contribution in [0.15, 0.2) is 58.3 Å². The van der Waals surface area contributed by atoms with Crippen LogP contribution in [0.1, 0.15) is 33.7 Å². The van der Waals surface area contributed by atoms with E-state index in [9.17, 15) is 4.79 Å². The van der Waals surface area contributed by atoms with Gasteiger partial charge in [-0.05, 0) is 29.6 Å². The molecule has 0 N–H and O–H groups in total. The summed E-state index contributed by atoms with van der Waals surface area (Å²) in [6, 6.07) is 15.4. The number of amides is 1. The average Bonchev–Trinajstić information content (AvgIpc) is 3.32. The van der Waals surface area contributed by atoms with Gasteiger partial charge in [0, 0.05) is 16.9 Å². The Morgan fingerprint density at radius 2 is 1.96 bits per heavy atom. The van der Waals surface area contributed by atoms with Gasteiger partial charge in [-0.2, -0.15) is 0 Å². The van der Waals surface area contributed by atoms with Crippen LogP contribution in [-0.2, 0) is 19.5 Å². The lowest BCUT2D eigenvalue weighted by Crippen LogP contribution is -2.29. The smallest absolute Gasteiger partial charge is 0.290 e. The van der Waals surface area contributed by atoms with Crippen LogP contribution in [0.2, 0.25) is 0 Å². The van der Waals surface area contributed by atoms with Crippen molar-refractivity contribution in [2.45, 2.75) is 26.4 Å². The first-order chi connectivity index (χ1) is 12.2. The van der Waals surface area contributed by atoms with Crippen molar-refractivity contribution in [2.24, 2.45) is 0 Å². The van der Waals surface area contributed by atoms with Gasteiger partial charge in [-0.15, -0.1) is 11.3 Å². The van der Waals surface area contributed by atoms with E-state index in [4.69, 9.17) is 9.15 Å². The molecule has 0 saturated carbocycles. The van der Waals surface area contributed by atoms with E-state index in [1.54, 1.807) is 29.4 Å². The number of furan rings is 1. The number of ether oxygens (including phenoxy) is 1. The Morgan fingerprint density at radius 1 is 1.12 bits per heavy atom. The minimum absolute atomic E-state index is 0.112. The predicted octanol–water partition coefficient (Wildman–Crippen LogP) is 4.75. The number of para-hydroxylation sites is 1. The van der Waals surface area contributed by atoms with Gasteiger partial charge in [0.25, 0.3) is 5.91 Å². The van der Waals surface area contributed by atoms with E-state index in [2.05, 4.69) is 0 Å². The van der Waals surface area contributed by atoms with Crippen molar-refractivity contribution < 1.29 is 13.9 Å². The molecule has 1 aromatic carbocycles. The maximum absolute atomic E-state index is 13.0. The van der Waals surface area contributed by atoms with Crippen LogP contribution in [0.5, 0.6) is 5.75 Å². The standard InChI is InChI=1S/C20H21NO3S/c1-3-16-10-11-19(24-16)20(22)21(14-17-8-6-12-25-17)13-15-7-4-5-9-18(15)23-2/h4-12H,3,13-14H2,1-2H3. The molecule has 0 saturated heterocycles. The van der Waals surface area contributed by atoms with E-state index in [-0.39, 0.29) is 5.91 Å². The fourth-order valence-corrected chi connectivity index (χ4v) is 3.39. The van der Waals surface area contributed by atoms with E-state index in [1.165, 1.54) is 0 Å². The lowest BCUT2D eigenvalue weighted by atomic mass is 10.1. The molecule has 0 aliphatic carbocycles. The molecule has 0 aliphatic rings. The van der Waals surface area contributed by atoms with Crippen molar-refractivity contribution in [2.75, 3.05) is 7.11 Å². The number of hydrogen-bond acceptors (Lipinski definition) is 4. The second kappa shape index (κ2) is 8.03. The second-order valence-electron chi connectivity index (χ2n) is 5.67. The molecule has 3 rings (SSSR count). The van der Waals surface area contributed by atoms with Crippen molar-refractivity contribution in [3.8, 4) is 5.75 Å². The topological polar surface area (TPSA) is 42.7 Å². The summed E-state index contributed by atoms with van der Waals surface area (Å²) in [5.41, 5.74) is 0.970. The van der Waals surface area contributed by atoms with E-state index in [1.807, 2.05) is 54.8 Å². The molecule has 0 unspecified atom stereocenters. The summed E-state index contributed by atoms with van der Waals surface area (Å²) < 4.78 is 11.1. The van der Waals surface area contributed by atoms with Gasteiger partial charge in [-0.25, -0.2) is 0 Å². The molecular weight excluding hydrogens is 334 g/mol. The van der Waals surface area contributed by atoms with Gasteiger partial charge in [-0.1, -0.05) is 31.2 Å². The Balaban J connectivity index is 1.87. The van der Waals surface area contributed by atoms with Crippen molar-refractivity contribution >= 4 is 17.2 Å². The number of methoxy groups -OCH3 is 1. The normalized spacial score (nSPS) is 10.6. The van der Waals surface area contributed by atoms with Gasteiger partial charge in [0.2, 0.25) is 0 Å². The molecule has 130 valence electrons. The third-order valence-electron chi connectivity index (χ3n) is 3.99. The zero-order valence-electron chi connectivity index (χ0n) is 14.4. The summed E-state index contributed by atoms with van der Waals surface area (Å²) in [6.07, 6.45) is 0.769. The van der Waals surface area contributed by atoms with Gasteiger partial charge in [0.05, 0.1) is 20.2 Å². The van der Waals surface area contributed by atoms with E-state index in [0.29, 0.717) is 18.8 Å². The SMILES string of the molecule is CCc1ccc(C(=O)N(Cc2cccs2)Cc2ccccc2OC)o1. The first-order valence-electron chi connectivity index (χ1n) is 8.23. The molecule has 0 fully saturated rings. The van der Waals surface area contributed by atoms with E-state index in [0.717, 1.165) is 28.4 Å². The second-order valence-corrected chi connectivity index (χ2v) is 6.70. The van der Waals surface area contributed by atoms with Gasteiger partial charge < -0.3 is 14.1 Å². The molecule has 0 spiro atoms. The summed E-state index contributed by atoms with van der Waals surface area (Å²) in [7, 11) is 1.64. The zero-order chi connectivity index (χ0) is 17.6. The Kier molecular flexibility index (Phi) is 5.56. The Labute approximate surface area is 151 Å². The first kappa shape index (κ1) is 17.3. The van der Waals surface area contributed by atoms with Crippen LogP contribution in [0, 0.1) is 0 Å². The third-order valence-corrected chi connectivity index (χ3v) is 4.85. The Bertz CT molecular complexity index is 823. The Morgan fingerprint density at radius 3 is 2.64 bits per heavy atom. The molecular formula is C20H21NO3S. The highest BCUT2D eigenvalue weighted by atomic mass is 32.1. The molecule has 2 aromatic heterocycles. The average molecular weight is 355 g/mol. The lowest BCUT2D eigenvalue weighted by Gasteiger charge is -2.22. The number of benzene rings is 1. The molecule has 1 amide bonds.